The third kappa shape index (κ3) is 5.05. The molecule has 0 aliphatic heterocycles. The Morgan fingerprint density at radius 2 is 2.19 bits per heavy atom. The van der Waals surface area contributed by atoms with Gasteiger partial charge in [0.1, 0.15) is 30.5 Å². The normalized spacial score (nSPS) is 12.1. The number of hydrogen-bond acceptors (Lipinski definition) is 6. The molecular weight excluding hydrogens is 272 g/mol. The topological polar surface area (TPSA) is 81.4 Å². The van der Waals surface area contributed by atoms with E-state index in [9.17, 15) is 5.11 Å². The molecule has 1 aromatic heterocycles. The Labute approximate surface area is 123 Å². The van der Waals surface area contributed by atoms with Crippen LogP contribution < -0.4 is 14.8 Å². The molecule has 7 nitrogen and oxygen atoms in total. The van der Waals surface area contributed by atoms with Crippen molar-refractivity contribution in [1.29, 1.82) is 0 Å². The van der Waals surface area contributed by atoms with E-state index < -0.39 is 6.10 Å². The number of methoxy groups -OCH3 is 1. The number of aliphatic hydroxyl groups is 1. The number of aliphatic hydroxyl groups excluding tert-OH is 1. The molecule has 0 amide bonds. The Morgan fingerprint density at radius 3 is 2.90 bits per heavy atom. The number of ether oxygens (including phenoxy) is 2. The summed E-state index contributed by atoms with van der Waals surface area (Å²) in [5, 5.41) is 17.1. The summed E-state index contributed by atoms with van der Waals surface area (Å²) in [4.78, 5) is 4.09. The van der Waals surface area contributed by atoms with Gasteiger partial charge in [0.05, 0.1) is 13.7 Å². The van der Waals surface area contributed by atoms with Crippen LogP contribution in [0.25, 0.3) is 0 Å². The fourth-order valence-corrected chi connectivity index (χ4v) is 1.76. The number of nitrogens with one attached hydrogen (secondary N) is 1. The molecule has 0 aliphatic rings. The predicted molar refractivity (Wildman–Crippen MR) is 77.2 cm³/mol. The van der Waals surface area contributed by atoms with Crippen LogP contribution in [0.4, 0.5) is 0 Å². The van der Waals surface area contributed by atoms with E-state index in [0.717, 1.165) is 5.75 Å². The predicted octanol–water partition coefficient (Wildman–Crippen LogP) is 0.353. The zero-order chi connectivity index (χ0) is 15.1. The average molecular weight is 292 g/mol. The molecule has 1 unspecified atom stereocenters. The average Bonchev–Trinajstić information content (AvgIpc) is 2.91. The molecule has 21 heavy (non-hydrogen) atoms. The molecule has 0 aliphatic carbocycles. The van der Waals surface area contributed by atoms with E-state index >= 15 is 0 Å². The number of aryl methyl sites for hydroxylation is 1. The first-order valence-electron chi connectivity index (χ1n) is 6.67. The van der Waals surface area contributed by atoms with E-state index in [-0.39, 0.29) is 6.61 Å². The van der Waals surface area contributed by atoms with E-state index in [1.54, 1.807) is 24.2 Å². The van der Waals surface area contributed by atoms with E-state index in [0.29, 0.717) is 24.7 Å². The Hall–Kier alpha value is -2.12. The maximum atomic E-state index is 9.86. The summed E-state index contributed by atoms with van der Waals surface area (Å²) >= 11 is 0. The van der Waals surface area contributed by atoms with Crippen LogP contribution in [0.5, 0.6) is 11.5 Å². The molecule has 1 atom stereocenters. The van der Waals surface area contributed by atoms with E-state index in [1.807, 2.05) is 25.2 Å². The molecule has 0 bridgehead atoms. The molecular formula is C14H20N4O3. The van der Waals surface area contributed by atoms with Gasteiger partial charge in [-0.1, -0.05) is 6.07 Å². The van der Waals surface area contributed by atoms with E-state index in [4.69, 9.17) is 9.47 Å². The molecule has 2 N–H and O–H groups in total. The first kappa shape index (κ1) is 15.3. The number of benzene rings is 1. The van der Waals surface area contributed by atoms with Gasteiger partial charge in [0.2, 0.25) is 0 Å². The molecule has 7 heteroatoms. The molecule has 0 radical (unpaired) electrons. The maximum absolute atomic E-state index is 9.86. The minimum absolute atomic E-state index is 0.204. The highest BCUT2D eigenvalue weighted by Crippen LogP contribution is 2.18. The fourth-order valence-electron chi connectivity index (χ4n) is 1.76. The summed E-state index contributed by atoms with van der Waals surface area (Å²) in [5.74, 6) is 2.08. The van der Waals surface area contributed by atoms with Crippen LogP contribution in [0.1, 0.15) is 5.82 Å². The highest BCUT2D eigenvalue weighted by Gasteiger charge is 2.06. The molecule has 2 aromatic rings. The lowest BCUT2D eigenvalue weighted by Crippen LogP contribution is -2.31. The van der Waals surface area contributed by atoms with Crippen molar-refractivity contribution >= 4 is 0 Å². The molecule has 0 fully saturated rings. The minimum atomic E-state index is -0.611. The molecule has 1 aromatic carbocycles. The van der Waals surface area contributed by atoms with E-state index in [1.165, 1.54) is 0 Å². The zero-order valence-electron chi connectivity index (χ0n) is 12.2. The lowest BCUT2D eigenvalue weighted by atomic mass is 10.3. The van der Waals surface area contributed by atoms with Crippen LogP contribution >= 0.6 is 0 Å². The van der Waals surface area contributed by atoms with Gasteiger partial charge in [-0.15, -0.1) is 0 Å². The third-order valence-corrected chi connectivity index (χ3v) is 2.79. The smallest absolute Gasteiger partial charge is 0.164 e. The van der Waals surface area contributed by atoms with Gasteiger partial charge in [-0.2, -0.15) is 5.10 Å². The lowest BCUT2D eigenvalue weighted by molar-refractivity contribution is 0.106. The van der Waals surface area contributed by atoms with Gasteiger partial charge >= 0.3 is 0 Å². The molecule has 1 heterocycles. The van der Waals surface area contributed by atoms with E-state index in [2.05, 4.69) is 15.4 Å². The van der Waals surface area contributed by atoms with Crippen LogP contribution in [-0.2, 0) is 13.6 Å². The van der Waals surface area contributed by atoms with Crippen LogP contribution in [0.2, 0.25) is 0 Å². The van der Waals surface area contributed by atoms with Crippen molar-refractivity contribution in [3.05, 3.63) is 36.4 Å². The Kier molecular flexibility index (Phi) is 5.53. The lowest BCUT2D eigenvalue weighted by Gasteiger charge is -2.13. The zero-order valence-corrected chi connectivity index (χ0v) is 12.2. The van der Waals surface area contributed by atoms with Gasteiger partial charge in [-0.05, 0) is 12.1 Å². The Bertz CT molecular complexity index is 559. The summed E-state index contributed by atoms with van der Waals surface area (Å²) in [6.45, 7) is 1.12. The van der Waals surface area contributed by atoms with Crippen molar-refractivity contribution < 1.29 is 14.6 Å². The quantitative estimate of drug-likeness (QED) is 0.731. The SMILES string of the molecule is COc1cccc(OCC(O)CNCc2ncn(C)n2)c1. The first-order chi connectivity index (χ1) is 10.2. The van der Waals surface area contributed by atoms with Crippen LogP contribution in [0.15, 0.2) is 30.6 Å². The monoisotopic (exact) mass is 292 g/mol. The second-order valence-electron chi connectivity index (χ2n) is 4.61. The van der Waals surface area contributed by atoms with Gasteiger partial charge in [0, 0.05) is 19.7 Å². The standard InChI is InChI=1S/C14H20N4O3/c1-18-10-16-14(17-18)8-15-7-11(19)9-21-13-5-3-4-12(6-13)20-2/h3-6,10-11,15,19H,7-9H2,1-2H3. The van der Waals surface area contributed by atoms with Gasteiger partial charge in [0.25, 0.3) is 0 Å². The Balaban J connectivity index is 1.68. The molecule has 0 spiro atoms. The van der Waals surface area contributed by atoms with Gasteiger partial charge < -0.3 is 19.9 Å². The third-order valence-electron chi connectivity index (χ3n) is 2.79. The van der Waals surface area contributed by atoms with Crippen molar-refractivity contribution in [3.8, 4) is 11.5 Å². The van der Waals surface area contributed by atoms with Crippen molar-refractivity contribution in [2.45, 2.75) is 12.6 Å². The number of hydrogen-bond donors (Lipinski definition) is 2. The second kappa shape index (κ2) is 7.61. The van der Waals surface area contributed by atoms with Crippen LogP contribution in [0, 0.1) is 0 Å². The van der Waals surface area contributed by atoms with Crippen molar-refractivity contribution in [2.75, 3.05) is 20.3 Å². The van der Waals surface area contributed by atoms with Crippen molar-refractivity contribution in [3.63, 3.8) is 0 Å². The Morgan fingerprint density at radius 1 is 1.38 bits per heavy atom. The summed E-state index contributed by atoms with van der Waals surface area (Å²) in [6, 6.07) is 7.27. The second-order valence-corrected chi connectivity index (χ2v) is 4.61. The number of rotatable bonds is 8. The van der Waals surface area contributed by atoms with Gasteiger partial charge in [-0.25, -0.2) is 4.98 Å². The molecule has 114 valence electrons. The largest absolute Gasteiger partial charge is 0.497 e. The summed E-state index contributed by atoms with van der Waals surface area (Å²) in [5.41, 5.74) is 0. The van der Waals surface area contributed by atoms with Crippen LogP contribution in [0.3, 0.4) is 0 Å². The number of nitrogens with zero attached hydrogens (tertiary/aromatic N) is 3. The van der Waals surface area contributed by atoms with Gasteiger partial charge in [0.15, 0.2) is 5.82 Å². The summed E-state index contributed by atoms with van der Waals surface area (Å²) in [6.07, 6.45) is 1.03. The fraction of sp³-hybridized carbons (Fsp3) is 0.429. The molecule has 0 saturated carbocycles. The molecule has 0 saturated heterocycles. The number of aromatic nitrogens is 3. The maximum Gasteiger partial charge on any atom is 0.164 e. The highest BCUT2D eigenvalue weighted by atomic mass is 16.5. The minimum Gasteiger partial charge on any atom is -0.497 e. The highest BCUT2D eigenvalue weighted by molar-refractivity contribution is 5.32. The van der Waals surface area contributed by atoms with Crippen LogP contribution in [-0.4, -0.2) is 46.2 Å². The summed E-state index contributed by atoms with van der Waals surface area (Å²) in [7, 11) is 3.41. The van der Waals surface area contributed by atoms with Gasteiger partial charge in [-0.3, -0.25) is 4.68 Å². The van der Waals surface area contributed by atoms with Crippen molar-refractivity contribution in [1.82, 2.24) is 20.1 Å². The first-order valence-corrected chi connectivity index (χ1v) is 6.67. The molecule has 2 rings (SSSR count). The van der Waals surface area contributed by atoms with Crippen molar-refractivity contribution in [2.24, 2.45) is 7.05 Å². The summed E-state index contributed by atoms with van der Waals surface area (Å²) < 4.78 is 12.3.